The number of para-hydroxylation sites is 4. The molecule has 0 fully saturated rings. The van der Waals surface area contributed by atoms with Gasteiger partial charge < -0.3 is 15.1 Å². The Morgan fingerprint density at radius 2 is 0.866 bits per heavy atom. The number of nitrogens with zero attached hydrogens (tertiary/aromatic N) is 6. The van der Waals surface area contributed by atoms with E-state index >= 15 is 0 Å². The van der Waals surface area contributed by atoms with Gasteiger partial charge in [-0.15, -0.1) is 29.8 Å². The number of phenolic OH excluding ortho intramolecular Hbond substituents is 2. The van der Waals surface area contributed by atoms with Gasteiger partial charge in [0.25, 0.3) is 0 Å². The Kier molecular flexibility index (Phi) is 31.5. The van der Waals surface area contributed by atoms with Gasteiger partial charge in [-0.05, 0) is 145 Å². The maximum atomic E-state index is 10.5. The molecule has 82 heavy (non-hydrogen) atoms. The van der Waals surface area contributed by atoms with Crippen molar-refractivity contribution in [3.63, 3.8) is 0 Å². The molecule has 0 bridgehead atoms. The average Bonchev–Trinajstić information content (AvgIpc) is 3.35. The van der Waals surface area contributed by atoms with Crippen LogP contribution in [0.25, 0.3) is 45.0 Å². The van der Waals surface area contributed by atoms with Crippen LogP contribution in [0.1, 0.15) is 53.7 Å². The second-order valence-corrected chi connectivity index (χ2v) is 38.4. The Bertz CT molecular complexity index is 3190. The van der Waals surface area contributed by atoms with Gasteiger partial charge in [0.1, 0.15) is 23.1 Å². The van der Waals surface area contributed by atoms with E-state index in [0.29, 0.717) is 11.8 Å². The SMILES string of the molecule is C.C.CC(C)Cc1cc(-c2[c-]c(N(c3ccccc3)c3ccccn3)ccc2)nc(-c2ccccc2O)c1.CC(C)Cc1cc(-c2cccc(N(c3ccccc3)c3ccccn3)c2)nc(-c2ccccc2O)c1.[Cl][Pt]([Cl])([Cl])[Cl].[K][K].[Pt]. The Labute approximate surface area is 564 Å². The molecule has 4 aromatic heterocycles. The molecule has 0 saturated carbocycles. The smallest absolute Gasteiger partial charge is 0 e. The van der Waals surface area contributed by atoms with E-state index in [4.69, 9.17) is 47.6 Å². The summed E-state index contributed by atoms with van der Waals surface area (Å²) in [6, 6.07) is 73.5. The second kappa shape index (κ2) is 36.2. The van der Waals surface area contributed by atoms with E-state index in [1.54, 1.807) is 18.3 Å². The number of hydrogen-bond donors (Lipinski definition) is 2. The van der Waals surface area contributed by atoms with Crippen molar-refractivity contribution in [2.24, 2.45) is 11.8 Å². The molecule has 6 aromatic carbocycles. The summed E-state index contributed by atoms with van der Waals surface area (Å²) in [6.07, 6.45) is 5.45. The van der Waals surface area contributed by atoms with Crippen LogP contribution in [0.15, 0.2) is 225 Å². The minimum Gasteiger partial charge on any atom is 0 e. The zero-order chi connectivity index (χ0) is 56.3. The zero-order valence-corrected chi connectivity index (χ0v) is 59.0. The minimum absolute atomic E-state index is 0. The third-order valence-electron chi connectivity index (χ3n) is 11.9. The Morgan fingerprint density at radius 1 is 0.463 bits per heavy atom. The van der Waals surface area contributed by atoms with E-state index in [9.17, 15) is 10.2 Å². The molecule has 0 aliphatic carbocycles. The maximum absolute atomic E-state index is 10.5. The van der Waals surface area contributed by atoms with E-state index in [2.05, 4.69) is 126 Å². The van der Waals surface area contributed by atoms with Crippen molar-refractivity contribution in [2.75, 3.05) is 9.80 Å². The molecule has 10 aromatic rings. The van der Waals surface area contributed by atoms with E-state index in [-0.39, 0.29) is 47.4 Å². The van der Waals surface area contributed by atoms with Gasteiger partial charge in [-0.3, -0.25) is 9.88 Å². The molecule has 0 radical (unpaired) electrons. The average molecular weight is 1580 g/mol. The van der Waals surface area contributed by atoms with Crippen LogP contribution in [0.5, 0.6) is 11.5 Å². The number of pyridine rings is 4. The number of benzene rings is 6. The van der Waals surface area contributed by atoms with Crippen LogP contribution < -0.4 is 9.80 Å². The first-order valence-corrected chi connectivity index (χ1v) is 53.1. The predicted octanol–water partition coefficient (Wildman–Crippen LogP) is 19.4. The monoisotopic (exact) mass is 1580 g/mol. The summed E-state index contributed by atoms with van der Waals surface area (Å²) in [4.78, 5) is 23.4. The maximum Gasteiger partial charge on any atom is 0 e. The third-order valence-corrected chi connectivity index (χ3v) is 11.9. The van der Waals surface area contributed by atoms with Gasteiger partial charge in [0.15, 0.2) is 0 Å². The number of phenols is 2. The van der Waals surface area contributed by atoms with Gasteiger partial charge in [0.2, 0.25) is 0 Å². The zero-order valence-electron chi connectivity index (χ0n) is 45.2. The Morgan fingerprint density at radius 3 is 1.34 bits per heavy atom. The summed E-state index contributed by atoms with van der Waals surface area (Å²) in [6.45, 7) is 8.84. The van der Waals surface area contributed by atoms with Crippen LogP contribution in [-0.2, 0) is 45.8 Å². The van der Waals surface area contributed by atoms with Crippen molar-refractivity contribution < 1.29 is 43.2 Å². The van der Waals surface area contributed by atoms with Crippen LogP contribution in [0.3, 0.4) is 0 Å². The number of anilines is 6. The quantitative estimate of drug-likeness (QED) is 0.0821. The number of aromatic hydroxyl groups is 2. The molecule has 0 aliphatic rings. The van der Waals surface area contributed by atoms with Crippen molar-refractivity contribution in [2.45, 2.75) is 55.4 Å². The fourth-order valence-electron chi connectivity index (χ4n) is 8.77. The second-order valence-electron chi connectivity index (χ2n) is 18.7. The summed E-state index contributed by atoms with van der Waals surface area (Å²) >= 11 is -0.556. The van der Waals surface area contributed by atoms with Crippen molar-refractivity contribution >= 4 is 135 Å². The van der Waals surface area contributed by atoms with Gasteiger partial charge >= 0.3 is 113 Å². The largest absolute Gasteiger partial charge is 0 e. The van der Waals surface area contributed by atoms with E-state index in [1.807, 2.05) is 134 Å². The predicted molar refractivity (Wildman–Crippen MR) is 343 cm³/mol. The third kappa shape index (κ3) is 21.7. The number of rotatable bonds is 14. The molecule has 2 N–H and O–H groups in total. The van der Waals surface area contributed by atoms with Crippen LogP contribution in [-0.4, -0.2) is 93.3 Å². The van der Waals surface area contributed by atoms with Crippen molar-refractivity contribution in [3.8, 4) is 56.5 Å². The molecular weight excluding hydrogens is 1520 g/mol. The fraction of sp³-hybridized carbons (Fsp3) is 0.152. The summed E-state index contributed by atoms with van der Waals surface area (Å²) < 4.78 is 0. The number of halogens is 4. The first-order valence-electron chi connectivity index (χ1n) is 25.9. The first-order chi connectivity index (χ1) is 38.2. The topological polar surface area (TPSA) is 98.5 Å². The molecule has 0 amide bonds. The molecule has 4 heterocycles. The van der Waals surface area contributed by atoms with Gasteiger partial charge in [0, 0.05) is 67.2 Å². The Hall–Kier alpha value is -3.07. The molecule has 0 unspecified atom stereocenters. The summed E-state index contributed by atoms with van der Waals surface area (Å²) in [7, 11) is 20.0. The molecule has 8 nitrogen and oxygen atoms in total. The van der Waals surface area contributed by atoms with Crippen molar-refractivity contribution in [1.29, 1.82) is 0 Å². The molecule has 422 valence electrons. The van der Waals surface area contributed by atoms with E-state index in [0.717, 1.165) is 92.3 Å². The number of hydrogen-bond acceptors (Lipinski definition) is 8. The Balaban J connectivity index is 0.000000307. The first kappa shape index (κ1) is 71.4. The molecule has 0 saturated heterocycles. The molecule has 0 spiro atoms. The molecular formula is C66H65Cl4K2N6O2Pt2-. The summed E-state index contributed by atoms with van der Waals surface area (Å²) in [5.41, 5.74) is 12.9. The number of aromatic nitrogens is 4. The molecule has 10 rings (SSSR count). The summed E-state index contributed by atoms with van der Waals surface area (Å²) in [5, 5.41) is 21.0. The van der Waals surface area contributed by atoms with Gasteiger partial charge in [-0.1, -0.05) is 139 Å². The molecule has 16 heteroatoms. The van der Waals surface area contributed by atoms with Gasteiger partial charge in [-0.25, -0.2) is 15.0 Å². The van der Waals surface area contributed by atoms with Crippen LogP contribution in [0, 0.1) is 17.9 Å². The molecule has 0 aliphatic heterocycles. The van der Waals surface area contributed by atoms with Crippen molar-refractivity contribution in [1.82, 2.24) is 19.9 Å². The standard InChI is InChI=1S/C32H29N3O.C32H28N3O.2CH4.4ClH.2K.2Pt/c2*1-23(2)19-24-20-29(34-30(21-24)28-15-6-7-16-31(28)36)25-11-10-14-27(22-25)35(26-12-4-3-5-13-26)32-17-8-9-18-33-32;;;;;;;;;;/h3-18,20-23,36H,19H2,1-2H3;3-18,20-21,23,36H,19H2,1-2H3;2*1H4;4*1H;;;;/q;-1;;;;;;;;;;+4/p-4. The van der Waals surface area contributed by atoms with E-state index in [1.165, 1.54) is 74.3 Å². The van der Waals surface area contributed by atoms with Gasteiger partial charge in [-0.2, -0.15) is 0 Å². The van der Waals surface area contributed by atoms with Crippen LogP contribution in [0.4, 0.5) is 34.4 Å². The van der Waals surface area contributed by atoms with E-state index < -0.39 is 11.9 Å². The minimum atomic E-state index is -3.06. The summed E-state index contributed by atoms with van der Waals surface area (Å²) in [5.74, 6) is 3.11. The van der Waals surface area contributed by atoms with Crippen LogP contribution >= 0.6 is 37.7 Å². The van der Waals surface area contributed by atoms with Crippen molar-refractivity contribution in [3.05, 3.63) is 242 Å². The fourth-order valence-corrected chi connectivity index (χ4v) is 8.77. The molecule has 0 atom stereocenters. The van der Waals surface area contributed by atoms with Gasteiger partial charge in [0.05, 0.1) is 17.1 Å². The normalized spacial score (nSPS) is 10.7. The van der Waals surface area contributed by atoms with Crippen LogP contribution in [0.2, 0.25) is 0 Å².